The fourth-order valence-electron chi connectivity index (χ4n) is 6.13. The number of nitrogens with one attached hydrogen (secondary N) is 1. The van der Waals surface area contributed by atoms with E-state index in [9.17, 15) is 4.79 Å². The molecule has 7 heteroatoms. The number of ether oxygens (including phenoxy) is 2. The highest BCUT2D eigenvalue weighted by atomic mass is 16.7. The molecule has 2 heterocycles. The van der Waals surface area contributed by atoms with Crippen LogP contribution in [-0.4, -0.2) is 97.6 Å². The van der Waals surface area contributed by atoms with Crippen LogP contribution in [0.3, 0.4) is 0 Å². The smallest absolute Gasteiger partial charge is 0.317 e. The van der Waals surface area contributed by atoms with Gasteiger partial charge in [-0.3, -0.25) is 4.90 Å². The van der Waals surface area contributed by atoms with Crippen molar-refractivity contribution in [2.24, 2.45) is 5.92 Å². The van der Waals surface area contributed by atoms with Crippen molar-refractivity contribution in [1.29, 1.82) is 0 Å². The maximum absolute atomic E-state index is 13.2. The SMILES string of the molecule is CCCN(CCC)CCN(CC)C(=O)N[C@H]1C[C@@H]2CC3(CC[C@H]2N(CCC)C1)OCCO3. The fourth-order valence-corrected chi connectivity index (χ4v) is 6.13. The summed E-state index contributed by atoms with van der Waals surface area (Å²) in [6.45, 7) is 17.0. The molecule has 0 unspecified atom stereocenters. The fraction of sp³-hybridized carbons (Fsp3) is 0.960. The van der Waals surface area contributed by atoms with Crippen molar-refractivity contribution in [3.8, 4) is 0 Å². The highest BCUT2D eigenvalue weighted by molar-refractivity contribution is 5.74. The molecular formula is C25H48N4O3. The summed E-state index contributed by atoms with van der Waals surface area (Å²) in [5.74, 6) is 0.162. The van der Waals surface area contributed by atoms with Crippen LogP contribution < -0.4 is 5.32 Å². The zero-order valence-electron chi connectivity index (χ0n) is 21.1. The number of likely N-dealkylation sites (N-methyl/N-ethyl adjacent to an activating group) is 1. The maximum Gasteiger partial charge on any atom is 0.317 e. The van der Waals surface area contributed by atoms with Gasteiger partial charge in [0.25, 0.3) is 0 Å². The molecule has 3 atom stereocenters. The van der Waals surface area contributed by atoms with Crippen molar-refractivity contribution >= 4 is 6.03 Å². The minimum absolute atomic E-state index is 0.0965. The molecule has 0 radical (unpaired) electrons. The first kappa shape index (κ1) is 25.7. The van der Waals surface area contributed by atoms with E-state index in [-0.39, 0.29) is 17.9 Å². The molecule has 32 heavy (non-hydrogen) atoms. The summed E-state index contributed by atoms with van der Waals surface area (Å²) in [4.78, 5) is 20.3. The molecule has 3 aliphatic rings. The third-order valence-electron chi connectivity index (χ3n) is 7.54. The summed E-state index contributed by atoms with van der Waals surface area (Å²) in [5.41, 5.74) is 0. The Labute approximate surface area is 196 Å². The largest absolute Gasteiger partial charge is 0.348 e. The van der Waals surface area contributed by atoms with E-state index in [1.807, 2.05) is 4.90 Å². The van der Waals surface area contributed by atoms with Gasteiger partial charge in [0.15, 0.2) is 5.79 Å². The van der Waals surface area contributed by atoms with Crippen molar-refractivity contribution in [2.75, 3.05) is 59.0 Å². The van der Waals surface area contributed by atoms with Crippen molar-refractivity contribution in [2.45, 2.75) is 90.5 Å². The molecule has 1 N–H and O–H groups in total. The molecule has 2 saturated heterocycles. The van der Waals surface area contributed by atoms with Gasteiger partial charge in [-0.05, 0) is 64.6 Å². The maximum atomic E-state index is 13.2. The number of nitrogens with zero attached hydrogens (tertiary/aromatic N) is 3. The van der Waals surface area contributed by atoms with Crippen molar-refractivity contribution in [3.05, 3.63) is 0 Å². The summed E-state index contributed by atoms with van der Waals surface area (Å²) in [6.07, 6.45) is 7.59. The average Bonchev–Trinajstić information content (AvgIpc) is 3.21. The van der Waals surface area contributed by atoms with Crippen LogP contribution in [0.4, 0.5) is 4.79 Å². The van der Waals surface area contributed by atoms with E-state index in [2.05, 4.69) is 42.8 Å². The number of carbonyl (C=O) groups excluding carboxylic acids is 1. The molecule has 2 amide bonds. The molecule has 1 aliphatic carbocycles. The third-order valence-corrected chi connectivity index (χ3v) is 7.54. The van der Waals surface area contributed by atoms with Gasteiger partial charge in [0, 0.05) is 51.1 Å². The number of likely N-dealkylation sites (tertiary alicyclic amines) is 1. The van der Waals surface area contributed by atoms with E-state index in [1.165, 1.54) is 0 Å². The zero-order chi connectivity index (χ0) is 23.0. The number of hydrogen-bond acceptors (Lipinski definition) is 5. The topological polar surface area (TPSA) is 57.3 Å². The first-order valence-electron chi connectivity index (χ1n) is 13.3. The number of piperidine rings is 1. The Hall–Kier alpha value is -0.890. The van der Waals surface area contributed by atoms with Gasteiger partial charge in [-0.25, -0.2) is 4.79 Å². The Morgan fingerprint density at radius 1 is 1.03 bits per heavy atom. The lowest BCUT2D eigenvalue weighted by atomic mass is 9.74. The molecule has 186 valence electrons. The molecular weight excluding hydrogens is 404 g/mol. The molecule has 2 aliphatic heterocycles. The van der Waals surface area contributed by atoms with Gasteiger partial charge in [-0.1, -0.05) is 20.8 Å². The van der Waals surface area contributed by atoms with Gasteiger partial charge in [0.2, 0.25) is 0 Å². The Kier molecular flexibility index (Phi) is 10.1. The standard InChI is InChI=1S/C25H48N4O3/c1-5-11-27(12-6-2)14-15-28(8-4)24(30)26-22-18-21-19-25(31-16-17-32-25)10-9-23(21)29(20-22)13-7-3/h21-23H,5-20H2,1-4H3,(H,26,30)/t21-,22+,23-/m1/s1. The van der Waals surface area contributed by atoms with Crippen molar-refractivity contribution in [1.82, 2.24) is 20.0 Å². The van der Waals surface area contributed by atoms with E-state index >= 15 is 0 Å². The normalized spacial score (nSPS) is 27.6. The van der Waals surface area contributed by atoms with Crippen LogP contribution in [0.2, 0.25) is 0 Å². The predicted octanol–water partition coefficient (Wildman–Crippen LogP) is 3.54. The second kappa shape index (κ2) is 12.5. The molecule has 7 nitrogen and oxygen atoms in total. The first-order chi connectivity index (χ1) is 15.5. The molecule has 3 fully saturated rings. The van der Waals surface area contributed by atoms with Gasteiger partial charge in [0.05, 0.1) is 13.2 Å². The second-order valence-corrected chi connectivity index (χ2v) is 9.98. The van der Waals surface area contributed by atoms with Crippen LogP contribution in [0, 0.1) is 5.92 Å². The summed E-state index contributed by atoms with van der Waals surface area (Å²) < 4.78 is 12.1. The summed E-state index contributed by atoms with van der Waals surface area (Å²) in [5, 5.41) is 3.40. The molecule has 0 bridgehead atoms. The second-order valence-electron chi connectivity index (χ2n) is 9.98. The minimum atomic E-state index is -0.359. The lowest BCUT2D eigenvalue weighted by Crippen LogP contribution is -2.60. The summed E-state index contributed by atoms with van der Waals surface area (Å²) >= 11 is 0. The van der Waals surface area contributed by atoms with Crippen LogP contribution in [0.5, 0.6) is 0 Å². The van der Waals surface area contributed by atoms with Crippen LogP contribution >= 0.6 is 0 Å². The summed E-state index contributed by atoms with van der Waals surface area (Å²) in [7, 11) is 0. The zero-order valence-corrected chi connectivity index (χ0v) is 21.1. The molecule has 0 aromatic heterocycles. The Balaban J connectivity index is 1.57. The quantitative estimate of drug-likeness (QED) is 0.520. The van der Waals surface area contributed by atoms with Gasteiger partial charge in [0.1, 0.15) is 0 Å². The Morgan fingerprint density at radius 3 is 2.38 bits per heavy atom. The monoisotopic (exact) mass is 452 g/mol. The predicted molar refractivity (Wildman–Crippen MR) is 129 cm³/mol. The Bertz CT molecular complexity index is 563. The Morgan fingerprint density at radius 2 is 1.75 bits per heavy atom. The van der Waals surface area contributed by atoms with Crippen molar-refractivity contribution < 1.29 is 14.3 Å². The van der Waals surface area contributed by atoms with Crippen LogP contribution in [-0.2, 0) is 9.47 Å². The van der Waals surface area contributed by atoms with Crippen molar-refractivity contribution in [3.63, 3.8) is 0 Å². The van der Waals surface area contributed by atoms with E-state index in [1.54, 1.807) is 0 Å². The van der Waals surface area contributed by atoms with Gasteiger partial charge < -0.3 is 24.6 Å². The van der Waals surface area contributed by atoms with Gasteiger partial charge >= 0.3 is 6.03 Å². The highest BCUT2D eigenvalue weighted by Gasteiger charge is 2.49. The number of hydrogen-bond donors (Lipinski definition) is 1. The number of carbonyl (C=O) groups is 1. The average molecular weight is 453 g/mol. The molecule has 1 saturated carbocycles. The van der Waals surface area contributed by atoms with E-state index < -0.39 is 0 Å². The molecule has 1 spiro atoms. The number of fused-ring (bicyclic) bond motifs is 1. The van der Waals surface area contributed by atoms with Gasteiger partial charge in [-0.2, -0.15) is 0 Å². The van der Waals surface area contributed by atoms with E-state index in [0.29, 0.717) is 12.0 Å². The van der Waals surface area contributed by atoms with Crippen LogP contribution in [0.1, 0.15) is 72.6 Å². The lowest BCUT2D eigenvalue weighted by molar-refractivity contribution is -0.201. The minimum Gasteiger partial charge on any atom is -0.348 e. The van der Waals surface area contributed by atoms with Gasteiger partial charge in [-0.15, -0.1) is 0 Å². The van der Waals surface area contributed by atoms with Crippen LogP contribution in [0.15, 0.2) is 0 Å². The highest BCUT2D eigenvalue weighted by Crippen LogP contribution is 2.44. The number of amides is 2. The summed E-state index contributed by atoms with van der Waals surface area (Å²) in [6, 6.07) is 0.892. The molecule has 3 rings (SSSR count). The molecule has 0 aromatic rings. The van der Waals surface area contributed by atoms with E-state index in [0.717, 1.165) is 104 Å². The number of urea groups is 1. The lowest BCUT2D eigenvalue weighted by Gasteiger charge is -2.51. The van der Waals surface area contributed by atoms with E-state index in [4.69, 9.17) is 9.47 Å². The first-order valence-corrected chi connectivity index (χ1v) is 13.3. The molecule has 0 aromatic carbocycles. The number of rotatable bonds is 11. The third kappa shape index (κ3) is 6.58. The van der Waals surface area contributed by atoms with Crippen LogP contribution in [0.25, 0.3) is 0 Å².